The van der Waals surface area contributed by atoms with E-state index in [-0.39, 0.29) is 36.2 Å². The molecule has 0 saturated heterocycles. The van der Waals surface area contributed by atoms with Crippen LogP contribution in [0.15, 0.2) is 59.2 Å². The van der Waals surface area contributed by atoms with Crippen molar-refractivity contribution in [3.8, 4) is 0 Å². The lowest BCUT2D eigenvalue weighted by Crippen LogP contribution is -2.49. The van der Waals surface area contributed by atoms with Gasteiger partial charge in [-0.3, -0.25) is 9.59 Å². The summed E-state index contributed by atoms with van der Waals surface area (Å²) in [5.74, 6) is -4.73. The second-order valence-corrected chi connectivity index (χ2v) is 9.28. The Balaban J connectivity index is 2.26. The van der Waals surface area contributed by atoms with Crippen LogP contribution in [-0.2, 0) is 9.68 Å². The van der Waals surface area contributed by atoms with Gasteiger partial charge in [-0.15, -0.1) is 11.6 Å². The second-order valence-electron chi connectivity index (χ2n) is 6.59. The van der Waals surface area contributed by atoms with Crippen molar-refractivity contribution in [2.75, 3.05) is 0 Å². The number of hydrogen-bond donors (Lipinski definition) is 1. The van der Waals surface area contributed by atoms with Gasteiger partial charge in [0.25, 0.3) is 0 Å². The molecule has 0 aliphatic heterocycles. The number of Topliss-reactive ketones (excluding diaryl/α,β-unsaturated/α-hetero) is 2. The van der Waals surface area contributed by atoms with Crippen LogP contribution in [0, 0.1) is 5.92 Å². The molecule has 2 aromatic carbocycles. The van der Waals surface area contributed by atoms with Crippen LogP contribution in [0.1, 0.15) is 20.7 Å². The molecule has 2 atom stereocenters. The van der Waals surface area contributed by atoms with E-state index < -0.39 is 33.9 Å². The minimum Gasteiger partial charge on any atom is -0.300 e. The van der Waals surface area contributed by atoms with Crippen LogP contribution in [0.3, 0.4) is 0 Å². The van der Waals surface area contributed by atoms with Crippen molar-refractivity contribution < 1.29 is 24.5 Å². The average molecular weight is 555 g/mol. The lowest BCUT2D eigenvalue weighted by molar-refractivity contribution is -0.237. The quantitative estimate of drug-likeness (QED) is 0.186. The van der Waals surface area contributed by atoms with Crippen LogP contribution in [0.2, 0.25) is 20.1 Å². The highest BCUT2D eigenvalue weighted by atomic mass is 35.5. The van der Waals surface area contributed by atoms with E-state index >= 15 is 0 Å². The molecular weight excluding hydrogens is 545 g/mol. The zero-order valence-corrected chi connectivity index (χ0v) is 20.1. The lowest BCUT2D eigenvalue weighted by atomic mass is 9.74. The number of hydrogen-bond acceptors (Lipinski definition) is 5. The fourth-order valence-corrected chi connectivity index (χ4v) is 5.03. The summed E-state index contributed by atoms with van der Waals surface area (Å²) >= 11 is 37.2. The molecule has 0 saturated carbocycles. The molecule has 2 unspecified atom stereocenters. The highest BCUT2D eigenvalue weighted by Gasteiger charge is 2.55. The van der Waals surface area contributed by atoms with E-state index in [0.29, 0.717) is 0 Å². The fourth-order valence-electron chi connectivity index (χ4n) is 3.23. The Hall–Kier alpha value is -1.57. The molecule has 1 N–H and O–H groups in total. The molecule has 0 amide bonds. The minimum absolute atomic E-state index is 0.0358. The summed E-state index contributed by atoms with van der Waals surface area (Å²) in [6.07, 6.45) is 2.33. The van der Waals surface area contributed by atoms with Gasteiger partial charge in [0.2, 0.25) is 0 Å². The number of allylic oxidation sites excluding steroid dienone is 3. The first-order valence-electron chi connectivity index (χ1n) is 8.64. The monoisotopic (exact) mass is 552 g/mol. The second kappa shape index (κ2) is 9.74. The summed E-state index contributed by atoms with van der Waals surface area (Å²) in [6, 6.07) is 7.98. The molecule has 0 heterocycles. The van der Waals surface area contributed by atoms with Crippen molar-refractivity contribution in [3.05, 3.63) is 90.4 Å². The highest BCUT2D eigenvalue weighted by molar-refractivity contribution is 6.50. The Bertz CT molecular complexity index is 1210. The van der Waals surface area contributed by atoms with E-state index in [0.717, 1.165) is 6.08 Å². The maximum atomic E-state index is 13.6. The first kappa shape index (κ1) is 25.1. The molecule has 0 spiro atoms. The van der Waals surface area contributed by atoms with Crippen molar-refractivity contribution in [2.24, 2.45) is 5.92 Å². The maximum Gasteiger partial charge on any atom is 0.351 e. The van der Waals surface area contributed by atoms with Gasteiger partial charge in [-0.05, 0) is 42.5 Å². The Kier molecular flexibility index (Phi) is 7.62. The average Bonchev–Trinajstić information content (AvgIpc) is 2.72. The molecule has 166 valence electrons. The maximum absolute atomic E-state index is 13.6. The normalized spacial score (nSPS) is 20.3. The predicted octanol–water partition coefficient (Wildman–Crippen LogP) is 7.04. The Morgan fingerprint density at radius 2 is 1.41 bits per heavy atom. The van der Waals surface area contributed by atoms with Crippen molar-refractivity contribution in [3.63, 3.8) is 0 Å². The smallest absolute Gasteiger partial charge is 0.300 e. The molecule has 11 heteroatoms. The zero-order chi connectivity index (χ0) is 23.8. The number of benzene rings is 2. The van der Waals surface area contributed by atoms with E-state index in [9.17, 15) is 14.4 Å². The number of halogens is 6. The third-order valence-electron chi connectivity index (χ3n) is 4.72. The van der Waals surface area contributed by atoms with Crippen LogP contribution in [-0.4, -0.2) is 27.7 Å². The summed E-state index contributed by atoms with van der Waals surface area (Å²) in [4.78, 5) is 40.8. The number of rotatable bonds is 5. The number of ketones is 2. The SMILES string of the molecule is O=C(C1=C(Cl)C=CC(C(=O)OO)C1(Cl)C(=O)c1ccc(Cl)cc1Cl)c1ccc(Cl)cc1Cl. The summed E-state index contributed by atoms with van der Waals surface area (Å²) in [6.45, 7) is 0. The minimum atomic E-state index is -2.44. The first-order valence-corrected chi connectivity index (χ1v) is 10.9. The molecule has 1 aliphatic rings. The Morgan fingerprint density at radius 1 is 0.875 bits per heavy atom. The van der Waals surface area contributed by atoms with E-state index in [2.05, 4.69) is 4.89 Å². The summed E-state index contributed by atoms with van der Waals surface area (Å²) in [7, 11) is 0. The van der Waals surface area contributed by atoms with Gasteiger partial charge in [0.05, 0.1) is 10.0 Å². The molecule has 5 nitrogen and oxygen atoms in total. The molecule has 3 rings (SSSR count). The third-order valence-corrected chi connectivity index (χ3v) is 6.73. The summed E-state index contributed by atoms with van der Waals surface area (Å²) < 4.78 is 0. The van der Waals surface area contributed by atoms with Crippen LogP contribution in [0.4, 0.5) is 0 Å². The van der Waals surface area contributed by atoms with Gasteiger partial charge in [0, 0.05) is 31.8 Å². The Labute approximate surface area is 212 Å². The molecule has 0 radical (unpaired) electrons. The van der Waals surface area contributed by atoms with E-state index in [1.807, 2.05) is 0 Å². The molecular formula is C21H10Cl6O5. The molecule has 0 aromatic heterocycles. The van der Waals surface area contributed by atoms with Gasteiger partial charge in [-0.25, -0.2) is 4.79 Å². The van der Waals surface area contributed by atoms with Gasteiger partial charge < -0.3 is 4.89 Å². The zero-order valence-electron chi connectivity index (χ0n) is 15.5. The highest BCUT2D eigenvalue weighted by Crippen LogP contribution is 2.46. The predicted molar refractivity (Wildman–Crippen MR) is 124 cm³/mol. The Morgan fingerprint density at radius 3 is 1.91 bits per heavy atom. The molecule has 0 bridgehead atoms. The van der Waals surface area contributed by atoms with Gasteiger partial charge >= 0.3 is 5.97 Å². The van der Waals surface area contributed by atoms with E-state index in [1.54, 1.807) is 0 Å². The van der Waals surface area contributed by atoms with Crippen molar-refractivity contribution in [1.29, 1.82) is 0 Å². The summed E-state index contributed by atoms with van der Waals surface area (Å²) in [5, 5.41) is 9.14. The van der Waals surface area contributed by atoms with E-state index in [1.165, 1.54) is 42.5 Å². The molecule has 32 heavy (non-hydrogen) atoms. The molecule has 2 aromatic rings. The largest absolute Gasteiger partial charge is 0.351 e. The van der Waals surface area contributed by atoms with E-state index in [4.69, 9.17) is 74.9 Å². The molecule has 0 fully saturated rings. The number of carbonyl (C=O) groups is 3. The standard InChI is InChI=1S/C21H10Cl6O5/c22-9-1-3-11(15(25)7-9)18(28)17-14(24)6-5-13(20(30)32-31)21(17,27)19(29)12-4-2-10(23)8-16(12)26/h1-8,13,31H. The lowest BCUT2D eigenvalue weighted by Gasteiger charge is -2.35. The number of carbonyl (C=O) groups excluding carboxylic acids is 3. The fraction of sp³-hybridized carbons (Fsp3) is 0.0952. The first-order chi connectivity index (χ1) is 15.0. The van der Waals surface area contributed by atoms with Crippen molar-refractivity contribution in [1.82, 2.24) is 0 Å². The summed E-state index contributed by atoms with van der Waals surface area (Å²) in [5.41, 5.74) is -0.677. The van der Waals surface area contributed by atoms with Gasteiger partial charge in [-0.2, -0.15) is 5.26 Å². The van der Waals surface area contributed by atoms with Gasteiger partial charge in [0.1, 0.15) is 5.92 Å². The van der Waals surface area contributed by atoms with Crippen molar-refractivity contribution in [2.45, 2.75) is 4.87 Å². The van der Waals surface area contributed by atoms with Crippen LogP contribution in [0.25, 0.3) is 0 Å². The van der Waals surface area contributed by atoms with Crippen molar-refractivity contribution >= 4 is 87.1 Å². The topological polar surface area (TPSA) is 80.7 Å². The van der Waals surface area contributed by atoms with Gasteiger partial charge in [0.15, 0.2) is 16.4 Å². The molecule has 1 aliphatic carbocycles. The van der Waals surface area contributed by atoms with Crippen LogP contribution < -0.4 is 0 Å². The van der Waals surface area contributed by atoms with Crippen LogP contribution in [0.5, 0.6) is 0 Å². The van der Waals surface area contributed by atoms with Crippen LogP contribution >= 0.6 is 69.6 Å². The van der Waals surface area contributed by atoms with Gasteiger partial charge in [-0.1, -0.05) is 64.1 Å². The third kappa shape index (κ3) is 4.44. The number of alkyl halides is 1.